The van der Waals surface area contributed by atoms with Crippen molar-refractivity contribution in [2.24, 2.45) is 0 Å². The second-order valence-corrected chi connectivity index (χ2v) is 7.82. The zero-order valence-electron chi connectivity index (χ0n) is 12.6. The number of imide groups is 1. The van der Waals surface area contributed by atoms with Crippen molar-refractivity contribution in [3.63, 3.8) is 0 Å². The molecule has 5 nitrogen and oxygen atoms in total. The van der Waals surface area contributed by atoms with E-state index in [0.717, 1.165) is 16.3 Å². The second kappa shape index (κ2) is 5.86. The summed E-state index contributed by atoms with van der Waals surface area (Å²) in [5.74, 6) is 1.06. The first kappa shape index (κ1) is 15.6. The quantitative estimate of drug-likeness (QED) is 0.852. The summed E-state index contributed by atoms with van der Waals surface area (Å²) in [7, 11) is 0. The van der Waals surface area contributed by atoms with E-state index in [-0.39, 0.29) is 24.3 Å². The SMILES string of the molecule is O=C1NC2(CCSC2)C(=O)N1Cc1csc(-c2ccc(F)cc2)n1. The van der Waals surface area contributed by atoms with Crippen molar-refractivity contribution in [2.75, 3.05) is 11.5 Å². The number of thiazole rings is 1. The van der Waals surface area contributed by atoms with E-state index in [2.05, 4.69) is 10.3 Å². The predicted octanol–water partition coefficient (Wildman–Crippen LogP) is 2.88. The molecule has 3 heterocycles. The molecule has 8 heteroatoms. The van der Waals surface area contributed by atoms with E-state index in [0.29, 0.717) is 17.9 Å². The maximum atomic E-state index is 13.0. The molecule has 2 saturated heterocycles. The van der Waals surface area contributed by atoms with Crippen molar-refractivity contribution < 1.29 is 14.0 Å². The van der Waals surface area contributed by atoms with E-state index in [1.165, 1.54) is 28.4 Å². The number of aromatic nitrogens is 1. The van der Waals surface area contributed by atoms with Crippen molar-refractivity contribution >= 4 is 35.0 Å². The molecule has 0 saturated carbocycles. The Morgan fingerprint density at radius 2 is 2.08 bits per heavy atom. The molecule has 3 amide bonds. The highest BCUT2D eigenvalue weighted by molar-refractivity contribution is 7.99. The summed E-state index contributed by atoms with van der Waals surface area (Å²) in [6, 6.07) is 5.75. The highest BCUT2D eigenvalue weighted by atomic mass is 32.2. The van der Waals surface area contributed by atoms with Crippen LogP contribution in [0.15, 0.2) is 29.6 Å². The molecule has 1 spiro atoms. The first-order valence-electron chi connectivity index (χ1n) is 7.50. The molecule has 1 unspecified atom stereocenters. The number of benzene rings is 1. The summed E-state index contributed by atoms with van der Waals surface area (Å²) in [6.45, 7) is 0.161. The van der Waals surface area contributed by atoms with Gasteiger partial charge in [-0.25, -0.2) is 14.2 Å². The van der Waals surface area contributed by atoms with E-state index in [4.69, 9.17) is 0 Å². The smallest absolute Gasteiger partial charge is 0.322 e. The lowest BCUT2D eigenvalue weighted by atomic mass is 9.99. The Morgan fingerprint density at radius 1 is 1.29 bits per heavy atom. The van der Waals surface area contributed by atoms with Gasteiger partial charge in [0.1, 0.15) is 16.4 Å². The lowest BCUT2D eigenvalue weighted by Gasteiger charge is -2.18. The molecule has 2 fully saturated rings. The van der Waals surface area contributed by atoms with Crippen molar-refractivity contribution in [3.8, 4) is 10.6 Å². The fraction of sp³-hybridized carbons (Fsp3) is 0.312. The van der Waals surface area contributed by atoms with Crippen LogP contribution in [-0.4, -0.2) is 38.9 Å². The lowest BCUT2D eigenvalue weighted by molar-refractivity contribution is -0.130. The van der Waals surface area contributed by atoms with Gasteiger partial charge in [0, 0.05) is 16.7 Å². The molecule has 124 valence electrons. The van der Waals surface area contributed by atoms with Gasteiger partial charge in [-0.1, -0.05) is 0 Å². The molecular formula is C16H14FN3O2S2. The number of hydrogen-bond donors (Lipinski definition) is 1. The Hall–Kier alpha value is -1.93. The molecule has 4 rings (SSSR count). The number of nitrogens with one attached hydrogen (secondary N) is 1. The average Bonchev–Trinajstić information content (AvgIpc) is 3.27. The number of amides is 3. The van der Waals surface area contributed by atoms with Gasteiger partial charge in [0.2, 0.25) is 0 Å². The van der Waals surface area contributed by atoms with Gasteiger partial charge in [-0.15, -0.1) is 11.3 Å². The van der Waals surface area contributed by atoms with Crippen LogP contribution in [-0.2, 0) is 11.3 Å². The monoisotopic (exact) mass is 363 g/mol. The maximum absolute atomic E-state index is 13.0. The standard InChI is InChI=1S/C16H14FN3O2S2/c17-11-3-1-10(2-4-11)13-18-12(8-24-13)7-20-14(21)16(19-15(20)22)5-6-23-9-16/h1-4,8H,5-7,9H2,(H,19,22). The van der Waals surface area contributed by atoms with Gasteiger partial charge in [0.05, 0.1) is 12.2 Å². The van der Waals surface area contributed by atoms with Crippen LogP contribution in [0.1, 0.15) is 12.1 Å². The zero-order chi connectivity index (χ0) is 16.7. The van der Waals surface area contributed by atoms with Crippen LogP contribution in [0.2, 0.25) is 0 Å². The van der Waals surface area contributed by atoms with Crippen LogP contribution in [0.5, 0.6) is 0 Å². The molecule has 1 aromatic carbocycles. The second-order valence-electron chi connectivity index (χ2n) is 5.86. The van der Waals surface area contributed by atoms with Crippen LogP contribution in [0.4, 0.5) is 9.18 Å². The van der Waals surface area contributed by atoms with Crippen molar-refractivity contribution in [3.05, 3.63) is 41.2 Å². The molecule has 0 bridgehead atoms. The fourth-order valence-corrected chi connectivity index (χ4v) is 5.06. The third-order valence-corrected chi connectivity index (χ3v) is 6.36. The van der Waals surface area contributed by atoms with Gasteiger partial charge >= 0.3 is 6.03 Å². The minimum atomic E-state index is -0.725. The third kappa shape index (κ3) is 2.59. The Balaban J connectivity index is 1.53. The van der Waals surface area contributed by atoms with E-state index in [1.54, 1.807) is 23.9 Å². The third-order valence-electron chi connectivity index (χ3n) is 4.23. The van der Waals surface area contributed by atoms with Crippen LogP contribution in [0.3, 0.4) is 0 Å². The summed E-state index contributed by atoms with van der Waals surface area (Å²) in [5.41, 5.74) is 0.747. The molecule has 0 aliphatic carbocycles. The minimum Gasteiger partial charge on any atom is -0.322 e. The van der Waals surface area contributed by atoms with E-state index in [9.17, 15) is 14.0 Å². The van der Waals surface area contributed by atoms with Gasteiger partial charge in [0.15, 0.2) is 0 Å². The van der Waals surface area contributed by atoms with Gasteiger partial charge < -0.3 is 5.32 Å². The highest BCUT2D eigenvalue weighted by Gasteiger charge is 2.52. The fourth-order valence-electron chi connectivity index (χ4n) is 2.92. The molecule has 2 aromatic rings. The molecule has 2 aliphatic rings. The molecular weight excluding hydrogens is 349 g/mol. The number of urea groups is 1. The van der Waals surface area contributed by atoms with Crippen LogP contribution >= 0.6 is 23.1 Å². The van der Waals surface area contributed by atoms with Crippen LogP contribution in [0, 0.1) is 5.82 Å². The predicted molar refractivity (Wildman–Crippen MR) is 91.3 cm³/mol. The molecule has 1 atom stereocenters. The van der Waals surface area contributed by atoms with Crippen molar-refractivity contribution in [1.29, 1.82) is 0 Å². The Bertz CT molecular complexity index is 800. The van der Waals surface area contributed by atoms with Gasteiger partial charge in [-0.05, 0) is 36.4 Å². The summed E-state index contributed by atoms with van der Waals surface area (Å²) in [6.07, 6.45) is 0.677. The molecule has 0 radical (unpaired) electrons. The van der Waals surface area contributed by atoms with Gasteiger partial charge in [-0.3, -0.25) is 9.69 Å². The lowest BCUT2D eigenvalue weighted by Crippen LogP contribution is -2.46. The van der Waals surface area contributed by atoms with Crippen molar-refractivity contribution in [1.82, 2.24) is 15.2 Å². The number of halogens is 1. The molecule has 2 aliphatic heterocycles. The minimum absolute atomic E-state index is 0.158. The average molecular weight is 363 g/mol. The largest absolute Gasteiger partial charge is 0.325 e. The van der Waals surface area contributed by atoms with E-state index >= 15 is 0 Å². The molecule has 1 N–H and O–H groups in total. The molecule has 1 aromatic heterocycles. The number of nitrogens with zero attached hydrogens (tertiary/aromatic N) is 2. The number of carbonyl (C=O) groups is 2. The van der Waals surface area contributed by atoms with Crippen molar-refractivity contribution in [2.45, 2.75) is 18.5 Å². The summed E-state index contributed by atoms with van der Waals surface area (Å²) >= 11 is 3.09. The normalized spacial score (nSPS) is 23.3. The Kier molecular flexibility index (Phi) is 3.80. The highest BCUT2D eigenvalue weighted by Crippen LogP contribution is 2.34. The summed E-state index contributed by atoms with van der Waals surface area (Å²) in [4.78, 5) is 30.5. The van der Waals surface area contributed by atoms with Gasteiger partial charge in [0.25, 0.3) is 5.91 Å². The Labute approximate surface area is 146 Å². The van der Waals surface area contributed by atoms with Gasteiger partial charge in [-0.2, -0.15) is 11.8 Å². The van der Waals surface area contributed by atoms with Crippen LogP contribution in [0.25, 0.3) is 10.6 Å². The number of thioether (sulfide) groups is 1. The number of carbonyl (C=O) groups excluding carboxylic acids is 2. The number of rotatable bonds is 3. The summed E-state index contributed by atoms with van der Waals surface area (Å²) in [5, 5.41) is 5.41. The molecule has 24 heavy (non-hydrogen) atoms. The summed E-state index contributed by atoms with van der Waals surface area (Å²) < 4.78 is 13.0. The topological polar surface area (TPSA) is 62.3 Å². The van der Waals surface area contributed by atoms with E-state index < -0.39 is 5.54 Å². The maximum Gasteiger partial charge on any atom is 0.325 e. The zero-order valence-corrected chi connectivity index (χ0v) is 14.3. The number of hydrogen-bond acceptors (Lipinski definition) is 5. The first-order valence-corrected chi connectivity index (χ1v) is 9.53. The van der Waals surface area contributed by atoms with Crippen LogP contribution < -0.4 is 5.32 Å². The Morgan fingerprint density at radius 3 is 2.79 bits per heavy atom. The van der Waals surface area contributed by atoms with E-state index in [1.807, 2.05) is 5.38 Å². The first-order chi connectivity index (χ1) is 11.6.